The average Bonchev–Trinajstić information content (AvgIpc) is 1.67. The lowest BCUT2D eigenvalue weighted by Gasteiger charge is -1.84. The van der Waals surface area contributed by atoms with Crippen molar-refractivity contribution in [2.24, 2.45) is 0 Å². The molecule has 0 bridgehead atoms. The van der Waals surface area contributed by atoms with E-state index in [4.69, 9.17) is 5.11 Å². The third kappa shape index (κ3) is 2.18. The van der Waals surface area contributed by atoms with Crippen molar-refractivity contribution in [1.82, 2.24) is 0 Å². The molecule has 0 aliphatic rings. The number of hydrogen-bond acceptors (Lipinski definition) is 1. The Balaban J connectivity index is 3.85. The third-order valence-corrected chi connectivity index (χ3v) is 0.643. The molecule has 2 heteroatoms. The van der Waals surface area contributed by atoms with Crippen LogP contribution in [0, 0.1) is 0 Å². The van der Waals surface area contributed by atoms with E-state index < -0.39 is 5.97 Å². The zero-order chi connectivity index (χ0) is 6.57. The lowest BCUT2D eigenvalue weighted by molar-refractivity contribution is -0.132. The fourth-order valence-electron chi connectivity index (χ4n) is 0.272. The first-order valence-electron chi connectivity index (χ1n) is 2.23. The molecule has 0 radical (unpaired) electrons. The molecule has 44 valence electrons. The lowest BCUT2D eigenvalue weighted by Crippen LogP contribution is -1.94. The van der Waals surface area contributed by atoms with Crippen LogP contribution >= 0.6 is 0 Å². The number of rotatable bonds is 2. The Bertz CT molecular complexity index is 133. The molecular formula is C6H8O2. The van der Waals surface area contributed by atoms with Gasteiger partial charge in [0.25, 0.3) is 0 Å². The van der Waals surface area contributed by atoms with E-state index in [1.807, 2.05) is 0 Å². The van der Waals surface area contributed by atoms with Crippen LogP contribution in [0.2, 0.25) is 0 Å². The minimum Gasteiger partial charge on any atom is -0.478 e. The topological polar surface area (TPSA) is 37.3 Å². The molecule has 0 unspecified atom stereocenters. The highest BCUT2D eigenvalue weighted by molar-refractivity contribution is 5.88. The standard InChI is InChI=1S/C6H8O2/c1-3-4-5(2)6(7)8/h3-4H,2H2,1H3,(H,7,8). The van der Waals surface area contributed by atoms with Crippen molar-refractivity contribution in [2.45, 2.75) is 6.92 Å². The SMILES string of the molecule is C=C(C=CC)C(=O)O. The van der Waals surface area contributed by atoms with E-state index in [2.05, 4.69) is 6.58 Å². The Morgan fingerprint density at radius 2 is 2.25 bits per heavy atom. The summed E-state index contributed by atoms with van der Waals surface area (Å²) in [4.78, 5) is 9.94. The Labute approximate surface area is 48.1 Å². The zero-order valence-electron chi connectivity index (χ0n) is 4.72. The highest BCUT2D eigenvalue weighted by atomic mass is 16.4. The van der Waals surface area contributed by atoms with Crippen molar-refractivity contribution in [1.29, 1.82) is 0 Å². The van der Waals surface area contributed by atoms with Crippen LogP contribution in [0.1, 0.15) is 6.92 Å². The number of allylic oxidation sites excluding steroid dienone is 1. The Hall–Kier alpha value is -1.05. The Morgan fingerprint density at radius 1 is 1.75 bits per heavy atom. The minimum atomic E-state index is -0.969. The molecule has 8 heavy (non-hydrogen) atoms. The number of aliphatic carboxylic acids is 1. The van der Waals surface area contributed by atoms with E-state index >= 15 is 0 Å². The average molecular weight is 112 g/mol. The van der Waals surface area contributed by atoms with Gasteiger partial charge in [-0.05, 0) is 6.92 Å². The van der Waals surface area contributed by atoms with Crippen LogP contribution in [0.25, 0.3) is 0 Å². The number of carboxylic acids is 1. The van der Waals surface area contributed by atoms with Crippen molar-refractivity contribution >= 4 is 5.97 Å². The highest BCUT2D eigenvalue weighted by Crippen LogP contribution is 1.89. The summed E-state index contributed by atoms with van der Waals surface area (Å²) in [5.74, 6) is -0.969. The van der Waals surface area contributed by atoms with Gasteiger partial charge in [-0.25, -0.2) is 4.79 Å². The maximum Gasteiger partial charge on any atom is 0.335 e. The van der Waals surface area contributed by atoms with Gasteiger partial charge >= 0.3 is 5.97 Å². The molecule has 0 saturated carbocycles. The monoisotopic (exact) mass is 112 g/mol. The fourth-order valence-corrected chi connectivity index (χ4v) is 0.272. The summed E-state index contributed by atoms with van der Waals surface area (Å²) in [7, 11) is 0. The maximum absolute atomic E-state index is 9.94. The molecule has 0 aliphatic carbocycles. The molecule has 0 aromatic heterocycles. The van der Waals surface area contributed by atoms with Gasteiger partial charge in [-0.2, -0.15) is 0 Å². The van der Waals surface area contributed by atoms with Gasteiger partial charge in [0.1, 0.15) is 0 Å². The van der Waals surface area contributed by atoms with Crippen molar-refractivity contribution in [3.05, 3.63) is 24.3 Å². The number of carboxylic acid groups (broad SMARTS) is 1. The summed E-state index contributed by atoms with van der Waals surface area (Å²) in [6.45, 7) is 5.00. The molecule has 0 spiro atoms. The summed E-state index contributed by atoms with van der Waals surface area (Å²) in [6, 6.07) is 0. The maximum atomic E-state index is 9.94. The van der Waals surface area contributed by atoms with E-state index in [-0.39, 0.29) is 5.57 Å². The Kier molecular flexibility index (Phi) is 2.62. The van der Waals surface area contributed by atoms with Gasteiger partial charge in [0.15, 0.2) is 0 Å². The molecular weight excluding hydrogens is 104 g/mol. The van der Waals surface area contributed by atoms with Crippen LogP contribution in [-0.2, 0) is 4.79 Å². The summed E-state index contributed by atoms with van der Waals surface area (Å²) >= 11 is 0. The second-order valence-corrected chi connectivity index (χ2v) is 1.33. The predicted octanol–water partition coefficient (Wildman–Crippen LogP) is 1.20. The van der Waals surface area contributed by atoms with E-state index in [0.717, 1.165) is 0 Å². The summed E-state index contributed by atoms with van der Waals surface area (Å²) in [5.41, 5.74) is 0.118. The molecule has 1 N–H and O–H groups in total. The van der Waals surface area contributed by atoms with Gasteiger partial charge in [-0.3, -0.25) is 0 Å². The summed E-state index contributed by atoms with van der Waals surface area (Å²) in [6.07, 6.45) is 3.08. The molecule has 0 rings (SSSR count). The molecule has 0 aromatic carbocycles. The van der Waals surface area contributed by atoms with Crippen molar-refractivity contribution < 1.29 is 9.90 Å². The van der Waals surface area contributed by atoms with E-state index in [1.54, 1.807) is 13.0 Å². The van der Waals surface area contributed by atoms with Crippen LogP contribution in [0.15, 0.2) is 24.3 Å². The quantitative estimate of drug-likeness (QED) is 0.430. The van der Waals surface area contributed by atoms with Crippen LogP contribution in [0.3, 0.4) is 0 Å². The van der Waals surface area contributed by atoms with E-state index in [0.29, 0.717) is 0 Å². The summed E-state index contributed by atoms with van der Waals surface area (Å²) < 4.78 is 0. The van der Waals surface area contributed by atoms with Crippen LogP contribution < -0.4 is 0 Å². The summed E-state index contributed by atoms with van der Waals surface area (Å²) in [5, 5.41) is 8.16. The second-order valence-electron chi connectivity index (χ2n) is 1.33. The molecule has 0 fully saturated rings. The van der Waals surface area contributed by atoms with Crippen LogP contribution in [0.5, 0.6) is 0 Å². The first-order valence-corrected chi connectivity index (χ1v) is 2.23. The smallest absolute Gasteiger partial charge is 0.335 e. The molecule has 0 amide bonds. The minimum absolute atomic E-state index is 0.118. The zero-order valence-corrected chi connectivity index (χ0v) is 4.72. The predicted molar refractivity (Wildman–Crippen MR) is 31.6 cm³/mol. The molecule has 0 saturated heterocycles. The molecule has 2 nitrogen and oxygen atoms in total. The number of hydrogen-bond donors (Lipinski definition) is 1. The van der Waals surface area contributed by atoms with E-state index in [9.17, 15) is 4.79 Å². The molecule has 0 atom stereocenters. The van der Waals surface area contributed by atoms with Crippen LogP contribution in [0.4, 0.5) is 0 Å². The number of carbonyl (C=O) groups is 1. The second kappa shape index (κ2) is 3.02. The van der Waals surface area contributed by atoms with Crippen molar-refractivity contribution in [3.63, 3.8) is 0 Å². The van der Waals surface area contributed by atoms with Crippen molar-refractivity contribution in [3.8, 4) is 0 Å². The van der Waals surface area contributed by atoms with Gasteiger partial charge in [0.05, 0.1) is 5.57 Å². The first-order chi connectivity index (χ1) is 3.68. The van der Waals surface area contributed by atoms with Gasteiger partial charge in [0.2, 0.25) is 0 Å². The lowest BCUT2D eigenvalue weighted by atomic mass is 10.3. The van der Waals surface area contributed by atoms with Gasteiger partial charge < -0.3 is 5.11 Å². The Morgan fingerprint density at radius 3 is 2.38 bits per heavy atom. The van der Waals surface area contributed by atoms with Gasteiger partial charge in [0, 0.05) is 0 Å². The normalized spacial score (nSPS) is 9.62. The molecule has 0 aliphatic heterocycles. The van der Waals surface area contributed by atoms with Crippen LogP contribution in [-0.4, -0.2) is 11.1 Å². The third-order valence-electron chi connectivity index (χ3n) is 0.643. The largest absolute Gasteiger partial charge is 0.478 e. The molecule has 0 heterocycles. The highest BCUT2D eigenvalue weighted by Gasteiger charge is 1.94. The molecule has 0 aromatic rings. The van der Waals surface area contributed by atoms with E-state index in [1.165, 1.54) is 6.08 Å². The fraction of sp³-hybridized carbons (Fsp3) is 0.167. The van der Waals surface area contributed by atoms with Gasteiger partial charge in [-0.1, -0.05) is 18.7 Å². The first kappa shape index (κ1) is 6.95. The van der Waals surface area contributed by atoms with Gasteiger partial charge in [-0.15, -0.1) is 0 Å². The van der Waals surface area contributed by atoms with Crippen molar-refractivity contribution in [2.75, 3.05) is 0 Å².